The van der Waals surface area contributed by atoms with Crippen LogP contribution in [-0.2, 0) is 4.74 Å². The fraction of sp³-hybridized carbons (Fsp3) is 0.667. The summed E-state index contributed by atoms with van der Waals surface area (Å²) in [5.74, 6) is 0.457. The minimum atomic E-state index is -0.477. The first-order valence-corrected chi connectivity index (χ1v) is 6.74. The fourth-order valence-corrected chi connectivity index (χ4v) is 1.70. The Balaban J connectivity index is 2.66. The molecular weight excluding hydrogens is 276 g/mol. The molecule has 2 N–H and O–H groups in total. The highest BCUT2D eigenvalue weighted by atomic mass is 16.6. The van der Waals surface area contributed by atoms with E-state index in [1.54, 1.807) is 7.11 Å². The number of anilines is 2. The van der Waals surface area contributed by atoms with Crippen molar-refractivity contribution in [1.82, 2.24) is 14.9 Å². The number of likely N-dealkylation sites (N-methyl/N-ethyl adjacent to an activating group) is 1. The average molecular weight is 298 g/mol. The van der Waals surface area contributed by atoms with Crippen LogP contribution in [0.4, 0.5) is 17.3 Å². The first kappa shape index (κ1) is 17.1. The van der Waals surface area contributed by atoms with Crippen molar-refractivity contribution in [3.8, 4) is 0 Å². The smallest absolute Gasteiger partial charge is 0.353 e. The van der Waals surface area contributed by atoms with E-state index in [0.717, 1.165) is 13.1 Å². The minimum absolute atomic E-state index is 0.126. The van der Waals surface area contributed by atoms with Gasteiger partial charge in [0.25, 0.3) is 0 Å². The van der Waals surface area contributed by atoms with E-state index in [4.69, 9.17) is 4.74 Å². The van der Waals surface area contributed by atoms with Crippen molar-refractivity contribution in [2.75, 3.05) is 57.6 Å². The van der Waals surface area contributed by atoms with Gasteiger partial charge in [-0.15, -0.1) is 0 Å². The molecule has 0 aliphatic heterocycles. The van der Waals surface area contributed by atoms with E-state index in [9.17, 15) is 10.1 Å². The van der Waals surface area contributed by atoms with Crippen LogP contribution in [0.25, 0.3) is 0 Å². The molecule has 0 saturated heterocycles. The van der Waals surface area contributed by atoms with Gasteiger partial charge in [-0.25, -0.2) is 9.97 Å². The molecule has 9 nitrogen and oxygen atoms in total. The number of rotatable bonds is 10. The molecule has 1 aromatic heterocycles. The van der Waals surface area contributed by atoms with Crippen LogP contribution in [0.1, 0.15) is 6.92 Å². The lowest BCUT2D eigenvalue weighted by Gasteiger charge is -2.16. The molecule has 9 heteroatoms. The van der Waals surface area contributed by atoms with Crippen LogP contribution in [0.5, 0.6) is 0 Å². The number of hydrogen-bond acceptors (Lipinski definition) is 8. The third kappa shape index (κ3) is 5.48. The van der Waals surface area contributed by atoms with Gasteiger partial charge in [-0.2, -0.15) is 0 Å². The highest BCUT2D eigenvalue weighted by Crippen LogP contribution is 2.28. The number of ether oxygens (including phenoxy) is 1. The standard InChI is InChI=1S/C12H22N6O3/c1-4-13-11-10(18(19)20)12(16-9-15-11)14-5-6-17(2)7-8-21-3/h9H,4-8H2,1-3H3,(H2,13,14,15,16). The summed E-state index contributed by atoms with van der Waals surface area (Å²) in [7, 11) is 3.61. The van der Waals surface area contributed by atoms with Crippen molar-refractivity contribution in [2.45, 2.75) is 6.92 Å². The molecule has 0 unspecified atom stereocenters. The molecule has 0 fully saturated rings. The molecule has 0 radical (unpaired) electrons. The maximum Gasteiger partial charge on any atom is 0.353 e. The Kier molecular flexibility index (Phi) is 7.33. The molecule has 0 saturated carbocycles. The van der Waals surface area contributed by atoms with Crippen molar-refractivity contribution in [3.05, 3.63) is 16.4 Å². The predicted octanol–water partition coefficient (Wildman–Crippen LogP) is 0.807. The molecule has 1 heterocycles. The lowest BCUT2D eigenvalue weighted by atomic mass is 10.4. The van der Waals surface area contributed by atoms with Crippen molar-refractivity contribution in [3.63, 3.8) is 0 Å². The first-order valence-electron chi connectivity index (χ1n) is 6.74. The monoisotopic (exact) mass is 298 g/mol. The van der Waals surface area contributed by atoms with Gasteiger partial charge >= 0.3 is 5.69 Å². The van der Waals surface area contributed by atoms with Crippen molar-refractivity contribution in [1.29, 1.82) is 0 Å². The molecule has 0 atom stereocenters. The van der Waals surface area contributed by atoms with E-state index < -0.39 is 4.92 Å². The van der Waals surface area contributed by atoms with Crippen molar-refractivity contribution < 1.29 is 9.66 Å². The van der Waals surface area contributed by atoms with Gasteiger partial charge in [0, 0.05) is 33.3 Å². The van der Waals surface area contributed by atoms with Gasteiger partial charge in [-0.3, -0.25) is 10.1 Å². The van der Waals surface area contributed by atoms with Crippen molar-refractivity contribution in [2.24, 2.45) is 0 Å². The number of aromatic nitrogens is 2. The molecule has 0 bridgehead atoms. The molecule has 0 aliphatic rings. The quantitative estimate of drug-likeness (QED) is 0.483. The van der Waals surface area contributed by atoms with Crippen molar-refractivity contribution >= 4 is 17.3 Å². The maximum absolute atomic E-state index is 11.2. The highest BCUT2D eigenvalue weighted by Gasteiger charge is 2.22. The largest absolute Gasteiger partial charge is 0.383 e. The maximum atomic E-state index is 11.2. The Bertz CT molecular complexity index is 457. The normalized spacial score (nSPS) is 10.7. The van der Waals surface area contributed by atoms with Gasteiger partial charge in [0.15, 0.2) is 0 Å². The zero-order valence-corrected chi connectivity index (χ0v) is 12.6. The van der Waals surface area contributed by atoms with Gasteiger partial charge in [0.2, 0.25) is 11.6 Å². The summed E-state index contributed by atoms with van der Waals surface area (Å²) in [5.41, 5.74) is -0.126. The average Bonchev–Trinajstić information content (AvgIpc) is 2.45. The summed E-state index contributed by atoms with van der Waals surface area (Å²) in [5, 5.41) is 17.0. The molecule has 0 amide bonds. The molecule has 21 heavy (non-hydrogen) atoms. The summed E-state index contributed by atoms with van der Waals surface area (Å²) in [6.45, 7) is 5.12. The lowest BCUT2D eigenvalue weighted by Crippen LogP contribution is -2.28. The molecule has 0 aliphatic carbocycles. The third-order valence-electron chi connectivity index (χ3n) is 2.81. The van der Waals surface area contributed by atoms with E-state index in [0.29, 0.717) is 19.7 Å². The summed E-state index contributed by atoms with van der Waals surface area (Å²) < 4.78 is 4.99. The van der Waals surface area contributed by atoms with Gasteiger partial charge < -0.3 is 20.3 Å². The second-order valence-electron chi connectivity index (χ2n) is 4.43. The van der Waals surface area contributed by atoms with Crippen LogP contribution in [0, 0.1) is 10.1 Å². The molecular formula is C12H22N6O3. The van der Waals surface area contributed by atoms with E-state index in [2.05, 4.69) is 25.5 Å². The van der Waals surface area contributed by atoms with Crippen LogP contribution in [0.2, 0.25) is 0 Å². The summed E-state index contributed by atoms with van der Waals surface area (Å²) in [6, 6.07) is 0. The van der Waals surface area contributed by atoms with Gasteiger partial charge in [-0.05, 0) is 14.0 Å². The molecule has 0 spiro atoms. The summed E-state index contributed by atoms with van der Waals surface area (Å²) >= 11 is 0. The Morgan fingerprint density at radius 3 is 2.57 bits per heavy atom. The first-order chi connectivity index (χ1) is 10.1. The molecule has 118 valence electrons. The van der Waals surface area contributed by atoms with Crippen LogP contribution in [-0.4, -0.2) is 66.7 Å². The van der Waals surface area contributed by atoms with E-state index >= 15 is 0 Å². The summed E-state index contributed by atoms with van der Waals surface area (Å²) in [6.07, 6.45) is 1.31. The van der Waals surface area contributed by atoms with Gasteiger partial charge in [-0.1, -0.05) is 0 Å². The van der Waals surface area contributed by atoms with Crippen LogP contribution in [0.15, 0.2) is 6.33 Å². The predicted molar refractivity (Wildman–Crippen MR) is 80.7 cm³/mol. The van der Waals surface area contributed by atoms with Gasteiger partial charge in [0.1, 0.15) is 6.33 Å². The van der Waals surface area contributed by atoms with E-state index in [1.807, 2.05) is 14.0 Å². The number of hydrogen-bond donors (Lipinski definition) is 2. The number of nitrogens with one attached hydrogen (secondary N) is 2. The molecule has 1 aromatic rings. The lowest BCUT2D eigenvalue weighted by molar-refractivity contribution is -0.383. The topological polar surface area (TPSA) is 105 Å². The Morgan fingerprint density at radius 2 is 2.00 bits per heavy atom. The van der Waals surface area contributed by atoms with Gasteiger partial charge in [0.05, 0.1) is 11.5 Å². The Labute approximate surface area is 123 Å². The minimum Gasteiger partial charge on any atom is -0.383 e. The fourth-order valence-electron chi connectivity index (χ4n) is 1.70. The molecule has 0 aromatic carbocycles. The Morgan fingerprint density at radius 1 is 1.33 bits per heavy atom. The number of methoxy groups -OCH3 is 1. The zero-order valence-electron chi connectivity index (χ0n) is 12.6. The number of nitrogens with zero attached hydrogens (tertiary/aromatic N) is 4. The number of nitro groups is 1. The summed E-state index contributed by atoms with van der Waals surface area (Å²) in [4.78, 5) is 20.6. The zero-order chi connectivity index (χ0) is 15.7. The second kappa shape index (κ2) is 9.03. The second-order valence-corrected chi connectivity index (χ2v) is 4.43. The van der Waals surface area contributed by atoms with Crippen LogP contribution >= 0.6 is 0 Å². The molecule has 1 rings (SSSR count). The van der Waals surface area contributed by atoms with Crippen LogP contribution in [0.3, 0.4) is 0 Å². The Hall–Kier alpha value is -2.00. The van der Waals surface area contributed by atoms with Crippen LogP contribution < -0.4 is 10.6 Å². The SMILES string of the molecule is CCNc1ncnc(NCCN(C)CCOC)c1[N+](=O)[O-]. The third-order valence-corrected chi connectivity index (χ3v) is 2.81. The van der Waals surface area contributed by atoms with E-state index in [1.165, 1.54) is 6.33 Å². The highest BCUT2D eigenvalue weighted by molar-refractivity contribution is 5.69. The van der Waals surface area contributed by atoms with E-state index in [-0.39, 0.29) is 17.3 Å².